The molecule has 5 aromatic rings. The predicted octanol–water partition coefficient (Wildman–Crippen LogP) is 3.22. The largest absolute Gasteiger partial charge is 0.454 e. The second-order valence-corrected chi connectivity index (χ2v) is 8.56. The summed E-state index contributed by atoms with van der Waals surface area (Å²) in [6.45, 7) is 0.332. The van der Waals surface area contributed by atoms with E-state index in [4.69, 9.17) is 4.42 Å². The van der Waals surface area contributed by atoms with Crippen molar-refractivity contribution in [1.29, 1.82) is 0 Å². The molecule has 2 amide bonds. The zero-order chi connectivity index (χ0) is 23.5. The van der Waals surface area contributed by atoms with Gasteiger partial charge in [-0.2, -0.15) is 11.3 Å². The number of aromatic nitrogens is 4. The Balaban J connectivity index is 1.27. The summed E-state index contributed by atoms with van der Waals surface area (Å²) in [5, 5.41) is 18.7. The first kappa shape index (κ1) is 21.7. The molecule has 9 nitrogen and oxygen atoms in total. The molecule has 10 heteroatoms. The lowest BCUT2D eigenvalue weighted by Crippen LogP contribution is -2.47. The molecule has 0 bridgehead atoms. The lowest BCUT2D eigenvalue weighted by Gasteiger charge is -2.16. The van der Waals surface area contributed by atoms with E-state index in [2.05, 4.69) is 25.9 Å². The first-order chi connectivity index (χ1) is 16.6. The third-order valence-corrected chi connectivity index (χ3v) is 6.21. The van der Waals surface area contributed by atoms with Gasteiger partial charge in [-0.05, 0) is 35.2 Å². The van der Waals surface area contributed by atoms with Gasteiger partial charge in [0, 0.05) is 41.5 Å². The van der Waals surface area contributed by atoms with E-state index in [1.165, 1.54) is 0 Å². The molecule has 0 aliphatic carbocycles. The van der Waals surface area contributed by atoms with Crippen molar-refractivity contribution in [2.24, 2.45) is 0 Å². The van der Waals surface area contributed by atoms with Crippen molar-refractivity contribution in [3.05, 3.63) is 82.7 Å². The van der Waals surface area contributed by atoms with Crippen LogP contribution in [0.15, 0.2) is 70.0 Å². The highest BCUT2D eigenvalue weighted by atomic mass is 32.1. The van der Waals surface area contributed by atoms with E-state index in [1.807, 2.05) is 53.5 Å². The average Bonchev–Trinajstić information content (AvgIpc) is 3.65. The van der Waals surface area contributed by atoms with E-state index in [-0.39, 0.29) is 11.7 Å². The molecule has 1 aromatic carbocycles. The number of rotatable bonds is 8. The van der Waals surface area contributed by atoms with E-state index >= 15 is 0 Å². The van der Waals surface area contributed by atoms with Crippen LogP contribution in [0.2, 0.25) is 0 Å². The Kier molecular flexibility index (Phi) is 5.96. The SMILES string of the molecule is CNC(=O)[C@H](Cc1c[nH]c2ccccc12)NC(=O)c1ccc(Cn2cc(-c3ccsc3)nn2)o1. The molecule has 3 N–H and O–H groups in total. The highest BCUT2D eigenvalue weighted by Crippen LogP contribution is 2.21. The second kappa shape index (κ2) is 9.36. The molecule has 0 aliphatic heterocycles. The number of furan rings is 1. The third-order valence-electron chi connectivity index (χ3n) is 5.53. The third kappa shape index (κ3) is 4.48. The van der Waals surface area contributed by atoms with Crippen molar-refractivity contribution in [3.8, 4) is 11.3 Å². The molecular weight excluding hydrogens is 452 g/mol. The van der Waals surface area contributed by atoms with Gasteiger partial charge in [0.1, 0.15) is 24.0 Å². The van der Waals surface area contributed by atoms with E-state index in [9.17, 15) is 9.59 Å². The van der Waals surface area contributed by atoms with Gasteiger partial charge in [-0.25, -0.2) is 4.68 Å². The van der Waals surface area contributed by atoms with Crippen molar-refractivity contribution in [3.63, 3.8) is 0 Å². The van der Waals surface area contributed by atoms with Gasteiger partial charge in [0.2, 0.25) is 5.91 Å². The zero-order valence-corrected chi connectivity index (χ0v) is 19.1. The van der Waals surface area contributed by atoms with Crippen LogP contribution in [0, 0.1) is 0 Å². The quantitative estimate of drug-likeness (QED) is 0.319. The second-order valence-electron chi connectivity index (χ2n) is 7.78. The monoisotopic (exact) mass is 474 g/mol. The number of hydrogen-bond acceptors (Lipinski definition) is 6. The Labute approximate surface area is 198 Å². The molecule has 0 saturated heterocycles. The Morgan fingerprint density at radius 2 is 2.09 bits per heavy atom. The maximum atomic E-state index is 12.9. The number of hydrogen-bond donors (Lipinski definition) is 3. The standard InChI is InChI=1S/C24H22N6O3S/c1-25-23(31)20(10-16-11-26-19-5-3-2-4-18(16)19)27-24(32)22-7-6-17(33-22)12-30-13-21(28-29-30)15-8-9-34-14-15/h2-9,11,13-14,20,26H,10,12H2,1H3,(H,25,31)(H,27,32)/t20-/m0/s1. The van der Waals surface area contributed by atoms with Gasteiger partial charge in [0.25, 0.3) is 5.91 Å². The number of nitrogens with zero attached hydrogens (tertiary/aromatic N) is 3. The number of carbonyl (C=O) groups excluding carboxylic acids is 2. The van der Waals surface area contributed by atoms with Gasteiger partial charge < -0.3 is 20.0 Å². The van der Waals surface area contributed by atoms with E-state index in [0.29, 0.717) is 18.7 Å². The van der Waals surface area contributed by atoms with Gasteiger partial charge in [-0.3, -0.25) is 9.59 Å². The van der Waals surface area contributed by atoms with Crippen molar-refractivity contribution < 1.29 is 14.0 Å². The van der Waals surface area contributed by atoms with Crippen LogP contribution in [0.25, 0.3) is 22.2 Å². The van der Waals surface area contributed by atoms with Crippen LogP contribution in [-0.4, -0.2) is 44.9 Å². The molecule has 1 atom stereocenters. The molecule has 0 aliphatic rings. The summed E-state index contributed by atoms with van der Waals surface area (Å²) in [7, 11) is 1.55. The Bertz CT molecular complexity index is 1430. The minimum absolute atomic E-state index is 0.126. The molecule has 0 spiro atoms. The fraction of sp³-hybridized carbons (Fsp3) is 0.167. The molecule has 0 fully saturated rings. The predicted molar refractivity (Wildman–Crippen MR) is 128 cm³/mol. The summed E-state index contributed by atoms with van der Waals surface area (Å²) < 4.78 is 7.38. The van der Waals surface area contributed by atoms with Crippen LogP contribution in [0.3, 0.4) is 0 Å². The van der Waals surface area contributed by atoms with Crippen molar-refractivity contribution in [2.75, 3.05) is 7.05 Å². The minimum Gasteiger partial charge on any atom is -0.454 e. The highest BCUT2D eigenvalue weighted by molar-refractivity contribution is 7.08. The van der Waals surface area contributed by atoms with Crippen LogP contribution in [0.1, 0.15) is 21.9 Å². The Morgan fingerprint density at radius 3 is 2.91 bits per heavy atom. The molecule has 0 unspecified atom stereocenters. The van der Waals surface area contributed by atoms with Crippen LogP contribution in [-0.2, 0) is 17.8 Å². The molecule has 4 heterocycles. The van der Waals surface area contributed by atoms with E-state index < -0.39 is 11.9 Å². The number of nitrogens with one attached hydrogen (secondary N) is 3. The number of aromatic amines is 1. The number of thiophene rings is 1. The number of H-pyrrole nitrogens is 1. The lowest BCUT2D eigenvalue weighted by atomic mass is 10.0. The Hall–Kier alpha value is -4.18. The number of carbonyl (C=O) groups is 2. The first-order valence-electron chi connectivity index (χ1n) is 10.7. The first-order valence-corrected chi connectivity index (χ1v) is 11.6. The molecule has 5 rings (SSSR count). The Morgan fingerprint density at radius 1 is 1.21 bits per heavy atom. The lowest BCUT2D eigenvalue weighted by molar-refractivity contribution is -0.122. The summed E-state index contributed by atoms with van der Waals surface area (Å²) in [5.41, 5.74) is 3.70. The van der Waals surface area contributed by atoms with Crippen LogP contribution in [0.5, 0.6) is 0 Å². The van der Waals surface area contributed by atoms with Crippen molar-refractivity contribution in [2.45, 2.75) is 19.0 Å². The number of benzene rings is 1. The van der Waals surface area contributed by atoms with Gasteiger partial charge in [0.05, 0.1) is 6.20 Å². The number of fused-ring (bicyclic) bond motifs is 1. The smallest absolute Gasteiger partial charge is 0.287 e. The highest BCUT2D eigenvalue weighted by Gasteiger charge is 2.24. The number of amides is 2. The molecular formula is C24H22N6O3S. The van der Waals surface area contributed by atoms with Gasteiger partial charge in [-0.1, -0.05) is 23.4 Å². The summed E-state index contributed by atoms with van der Waals surface area (Å²) in [6, 6.07) is 12.4. The minimum atomic E-state index is -0.756. The average molecular weight is 475 g/mol. The topological polar surface area (TPSA) is 118 Å². The normalized spacial score (nSPS) is 12.0. The van der Waals surface area contributed by atoms with Gasteiger partial charge in [-0.15, -0.1) is 5.10 Å². The summed E-state index contributed by atoms with van der Waals surface area (Å²) >= 11 is 1.59. The van der Waals surface area contributed by atoms with E-state index in [1.54, 1.807) is 35.2 Å². The van der Waals surface area contributed by atoms with Crippen molar-refractivity contribution in [1.82, 2.24) is 30.6 Å². The van der Waals surface area contributed by atoms with Crippen LogP contribution in [0.4, 0.5) is 0 Å². The number of para-hydroxylation sites is 1. The maximum Gasteiger partial charge on any atom is 0.287 e. The molecule has 0 saturated carbocycles. The molecule has 34 heavy (non-hydrogen) atoms. The van der Waals surface area contributed by atoms with Gasteiger partial charge in [0.15, 0.2) is 5.76 Å². The summed E-state index contributed by atoms with van der Waals surface area (Å²) in [4.78, 5) is 28.6. The molecule has 0 radical (unpaired) electrons. The van der Waals surface area contributed by atoms with Gasteiger partial charge >= 0.3 is 0 Å². The number of likely N-dealkylation sites (N-methyl/N-ethyl adjacent to an activating group) is 1. The zero-order valence-electron chi connectivity index (χ0n) is 18.3. The summed E-state index contributed by atoms with van der Waals surface area (Å²) in [5.74, 6) is -0.0627. The fourth-order valence-electron chi connectivity index (χ4n) is 3.80. The molecule has 172 valence electrons. The maximum absolute atomic E-state index is 12.9. The van der Waals surface area contributed by atoms with Crippen molar-refractivity contribution >= 4 is 34.1 Å². The van der Waals surface area contributed by atoms with Crippen LogP contribution < -0.4 is 10.6 Å². The molecule has 4 aromatic heterocycles. The fourth-order valence-corrected chi connectivity index (χ4v) is 4.45. The van der Waals surface area contributed by atoms with E-state index in [0.717, 1.165) is 27.7 Å². The van der Waals surface area contributed by atoms with Crippen LogP contribution >= 0.6 is 11.3 Å². The summed E-state index contributed by atoms with van der Waals surface area (Å²) in [6.07, 6.45) is 4.03.